The number of nitrogens with two attached hydrogens (primary N) is 1. The average Bonchev–Trinajstić information content (AvgIpc) is 2.96. The van der Waals surface area contributed by atoms with E-state index in [0.717, 1.165) is 67.5 Å². The zero-order valence-corrected chi connectivity index (χ0v) is 24.5. The Morgan fingerprint density at radius 1 is 0.951 bits per heavy atom. The van der Waals surface area contributed by atoms with E-state index in [0.29, 0.717) is 18.8 Å². The largest absolute Gasteiger partial charge is 0.401 e. The molecule has 5 nitrogen and oxygen atoms in total. The van der Waals surface area contributed by atoms with Crippen LogP contribution in [-0.4, -0.2) is 38.3 Å². The van der Waals surface area contributed by atoms with Crippen LogP contribution in [0.1, 0.15) is 76.7 Å². The highest BCUT2D eigenvalue weighted by atomic mass is 16.1. The van der Waals surface area contributed by atoms with Crippen LogP contribution in [0.4, 0.5) is 5.69 Å². The third kappa shape index (κ3) is 8.03. The third-order valence-electron chi connectivity index (χ3n) is 8.35. The van der Waals surface area contributed by atoms with Crippen LogP contribution in [-0.2, 0) is 18.3 Å². The first-order chi connectivity index (χ1) is 19.9. The number of benzene rings is 3. The molecule has 1 aliphatic rings. The maximum absolute atomic E-state index is 11.2. The van der Waals surface area contributed by atoms with Crippen molar-refractivity contribution in [3.63, 3.8) is 0 Å². The number of carbonyl (C=O) groups excluding carboxylic acids is 1. The van der Waals surface area contributed by atoms with Crippen LogP contribution in [0.25, 0.3) is 0 Å². The van der Waals surface area contributed by atoms with Crippen molar-refractivity contribution >= 4 is 24.4 Å². The molecule has 0 heterocycles. The predicted molar refractivity (Wildman–Crippen MR) is 174 cm³/mol. The predicted octanol–water partition coefficient (Wildman–Crippen LogP) is 7.26. The normalized spacial score (nSPS) is 14.2. The van der Waals surface area contributed by atoms with Crippen LogP contribution in [0.2, 0.25) is 0 Å². The molecule has 0 aliphatic heterocycles. The van der Waals surface area contributed by atoms with Crippen molar-refractivity contribution in [2.45, 2.75) is 63.7 Å². The highest BCUT2D eigenvalue weighted by Gasteiger charge is 2.40. The highest BCUT2D eigenvalue weighted by Crippen LogP contribution is 2.49. The monoisotopic (exact) mass is 548 g/mol. The number of rotatable bonds is 16. The summed E-state index contributed by atoms with van der Waals surface area (Å²) in [5.74, 6) is 0. The number of nitrogens with one attached hydrogen (secondary N) is 1. The van der Waals surface area contributed by atoms with Gasteiger partial charge in [0.2, 0.25) is 0 Å². The lowest BCUT2D eigenvalue weighted by molar-refractivity contribution is 0.112. The number of nitrogens with zero attached hydrogens (tertiary/aromatic N) is 2. The minimum absolute atomic E-state index is 0.135. The topological polar surface area (TPSA) is 79.8 Å². The minimum atomic E-state index is 0.135. The molecule has 4 rings (SSSR count). The van der Waals surface area contributed by atoms with Gasteiger partial charge in [0.25, 0.3) is 0 Å². The van der Waals surface area contributed by atoms with Gasteiger partial charge in [-0.3, -0.25) is 14.8 Å². The Labute approximate surface area is 245 Å². The van der Waals surface area contributed by atoms with E-state index < -0.39 is 0 Å². The maximum atomic E-state index is 11.2. The van der Waals surface area contributed by atoms with E-state index in [9.17, 15) is 4.79 Å². The fourth-order valence-electron chi connectivity index (χ4n) is 5.66. The smallest absolute Gasteiger partial charge is 0.150 e. The van der Waals surface area contributed by atoms with Crippen LogP contribution in [0.15, 0.2) is 89.0 Å². The van der Waals surface area contributed by atoms with Gasteiger partial charge in [-0.1, -0.05) is 67.6 Å². The van der Waals surface area contributed by atoms with Gasteiger partial charge in [-0.2, -0.15) is 0 Å². The number of carbonyl (C=O) groups is 1. The summed E-state index contributed by atoms with van der Waals surface area (Å²) in [5, 5.41) is 3.45. The molecule has 41 heavy (non-hydrogen) atoms. The van der Waals surface area contributed by atoms with Crippen LogP contribution < -0.4 is 11.1 Å². The Kier molecular flexibility index (Phi) is 10.7. The molecule has 0 amide bonds. The first-order valence-electron chi connectivity index (χ1n) is 14.8. The summed E-state index contributed by atoms with van der Waals surface area (Å²) < 4.78 is 0. The fraction of sp³-hybridized carbons (Fsp3) is 0.361. The number of anilines is 1. The molecule has 0 unspecified atom stereocenters. The van der Waals surface area contributed by atoms with Crippen molar-refractivity contribution in [1.29, 1.82) is 0 Å². The summed E-state index contributed by atoms with van der Waals surface area (Å²) in [6.07, 6.45) is 9.65. The van der Waals surface area contributed by atoms with Crippen molar-refractivity contribution in [2.24, 2.45) is 15.7 Å². The van der Waals surface area contributed by atoms with E-state index in [4.69, 9.17) is 5.73 Å². The molecule has 0 radical (unpaired) electrons. The number of unbranched alkanes of at least 4 members (excludes halogenated alkanes) is 1. The highest BCUT2D eigenvalue weighted by molar-refractivity contribution is 5.87. The first kappa shape index (κ1) is 30.0. The zero-order chi connectivity index (χ0) is 29.1. The van der Waals surface area contributed by atoms with E-state index >= 15 is 0 Å². The van der Waals surface area contributed by atoms with E-state index in [1.807, 2.05) is 25.1 Å². The van der Waals surface area contributed by atoms with Gasteiger partial charge in [0.05, 0.1) is 13.1 Å². The van der Waals surface area contributed by atoms with Crippen molar-refractivity contribution in [3.8, 4) is 0 Å². The molecule has 0 saturated heterocycles. The average molecular weight is 549 g/mol. The van der Waals surface area contributed by atoms with Crippen LogP contribution in [0.5, 0.6) is 0 Å². The van der Waals surface area contributed by atoms with Gasteiger partial charge in [0.1, 0.15) is 6.29 Å². The van der Waals surface area contributed by atoms with Gasteiger partial charge in [0, 0.05) is 34.6 Å². The van der Waals surface area contributed by atoms with E-state index in [2.05, 4.69) is 77.1 Å². The molecular weight excluding hydrogens is 504 g/mol. The van der Waals surface area contributed by atoms with Crippen LogP contribution in [0.3, 0.4) is 0 Å². The molecule has 0 atom stereocenters. The second kappa shape index (κ2) is 14.6. The lowest BCUT2D eigenvalue weighted by atomic mass is 9.60. The third-order valence-corrected chi connectivity index (χ3v) is 8.35. The van der Waals surface area contributed by atoms with Gasteiger partial charge in [-0.25, -0.2) is 0 Å². The Hall–Kier alpha value is -3.99. The molecule has 0 spiro atoms. The molecule has 1 fully saturated rings. The second-order valence-electron chi connectivity index (χ2n) is 11.3. The number of hydrogen-bond acceptors (Lipinski definition) is 5. The Bertz CT molecular complexity index is 1350. The molecule has 1 saturated carbocycles. The van der Waals surface area contributed by atoms with Crippen molar-refractivity contribution < 1.29 is 4.79 Å². The Balaban J connectivity index is 1.29. The van der Waals surface area contributed by atoms with Crippen molar-refractivity contribution in [3.05, 3.63) is 112 Å². The number of aliphatic imine (C=N–C) groups is 2. The van der Waals surface area contributed by atoms with E-state index in [-0.39, 0.29) is 5.41 Å². The molecule has 0 aromatic heterocycles. The van der Waals surface area contributed by atoms with Crippen molar-refractivity contribution in [1.82, 2.24) is 0 Å². The molecule has 214 valence electrons. The quantitative estimate of drug-likeness (QED) is 0.112. The summed E-state index contributed by atoms with van der Waals surface area (Å²) in [6.45, 7) is 11.2. The zero-order valence-electron chi connectivity index (χ0n) is 24.5. The fourth-order valence-corrected chi connectivity index (χ4v) is 5.66. The molecule has 1 aliphatic carbocycles. The van der Waals surface area contributed by atoms with Gasteiger partial charge in [-0.15, -0.1) is 0 Å². The number of aldehydes is 1. The Morgan fingerprint density at radius 2 is 1.61 bits per heavy atom. The summed E-state index contributed by atoms with van der Waals surface area (Å²) in [6, 6.07) is 24.5. The van der Waals surface area contributed by atoms with Gasteiger partial charge in [-0.05, 0) is 98.5 Å². The van der Waals surface area contributed by atoms with Crippen molar-refractivity contribution in [2.75, 3.05) is 25.0 Å². The number of aryl methyl sites for hydroxylation is 3. The molecule has 3 aromatic carbocycles. The summed E-state index contributed by atoms with van der Waals surface area (Å²) in [7, 11) is 0. The minimum Gasteiger partial charge on any atom is -0.401 e. The van der Waals surface area contributed by atoms with Gasteiger partial charge < -0.3 is 11.1 Å². The lowest BCUT2D eigenvalue weighted by Gasteiger charge is -2.43. The molecule has 5 heteroatoms. The summed E-state index contributed by atoms with van der Waals surface area (Å²) in [5.41, 5.74) is 15.7. The Morgan fingerprint density at radius 3 is 2.17 bits per heavy atom. The second-order valence-corrected chi connectivity index (χ2v) is 11.3. The van der Waals surface area contributed by atoms with Gasteiger partial charge >= 0.3 is 0 Å². The number of hydrogen-bond donors (Lipinski definition) is 2. The standard InChI is InChI=1S/C36H44N4O/c1-27-8-18-34(23-31(27)26-41)39-22-5-4-7-29-9-14-32(15-10-29)36(20-6-21-36)33-16-11-30(12-17-33)13-19-35(25-38-3)40-24-28(2)37/h8-12,14-18,23,26,39H,2-7,13,19-22,24-25,37H2,1H3. The molecule has 0 bridgehead atoms. The maximum Gasteiger partial charge on any atom is 0.150 e. The first-order valence-corrected chi connectivity index (χ1v) is 14.8. The van der Waals surface area contributed by atoms with Gasteiger partial charge in [0.15, 0.2) is 0 Å². The summed E-state index contributed by atoms with van der Waals surface area (Å²) >= 11 is 0. The molecule has 3 aromatic rings. The van der Waals surface area contributed by atoms with Crippen LogP contribution >= 0.6 is 0 Å². The molecular formula is C36H44N4O. The summed E-state index contributed by atoms with van der Waals surface area (Å²) in [4.78, 5) is 19.7. The lowest BCUT2D eigenvalue weighted by Crippen LogP contribution is -2.35. The SMILES string of the molecule is C=NCC(CCc1ccc(C2(c3ccc(CCCCNc4ccc(C)c(C=O)c4)cc3)CCC2)cc1)=NCC(=C)N. The van der Waals surface area contributed by atoms with Crippen LogP contribution in [0, 0.1) is 6.92 Å². The molecule has 3 N–H and O–H groups in total. The van der Waals surface area contributed by atoms with E-state index in [1.54, 1.807) is 0 Å². The van der Waals surface area contributed by atoms with E-state index in [1.165, 1.54) is 41.5 Å².